The van der Waals surface area contributed by atoms with Crippen LogP contribution in [0.4, 0.5) is 13.2 Å². The highest BCUT2D eigenvalue weighted by Crippen LogP contribution is 2.37. The molecule has 0 saturated carbocycles. The van der Waals surface area contributed by atoms with Gasteiger partial charge in [0.1, 0.15) is 11.5 Å². The second kappa shape index (κ2) is 11.7. The van der Waals surface area contributed by atoms with Crippen LogP contribution in [0.25, 0.3) is 0 Å². The lowest BCUT2D eigenvalue weighted by atomic mass is 9.97. The number of alkyl halides is 3. The van der Waals surface area contributed by atoms with Gasteiger partial charge in [-0.3, -0.25) is 4.90 Å². The summed E-state index contributed by atoms with van der Waals surface area (Å²) in [6.07, 6.45) is -1.63. The number of nitrogens with zero attached hydrogens (tertiary/aromatic N) is 1. The van der Waals surface area contributed by atoms with Crippen molar-refractivity contribution in [2.45, 2.75) is 38.6 Å². The number of methoxy groups -OCH3 is 1. The zero-order valence-corrected chi connectivity index (χ0v) is 16.6. The molecule has 1 aliphatic heterocycles. The molecule has 152 valence electrons. The Morgan fingerprint density at radius 2 is 1.85 bits per heavy atom. The summed E-state index contributed by atoms with van der Waals surface area (Å²) in [4.78, 5) is 2.37. The molecule has 1 saturated heterocycles. The van der Waals surface area contributed by atoms with Crippen LogP contribution in [0.15, 0.2) is 18.2 Å². The van der Waals surface area contributed by atoms with E-state index in [9.17, 15) is 13.2 Å². The molecule has 0 aromatic heterocycles. The fourth-order valence-corrected chi connectivity index (χ4v) is 3.09. The minimum absolute atomic E-state index is 0. The molecule has 1 aliphatic rings. The molecule has 1 heterocycles. The Labute approximate surface area is 165 Å². The van der Waals surface area contributed by atoms with Gasteiger partial charge in [-0.05, 0) is 12.5 Å². The van der Waals surface area contributed by atoms with Crippen molar-refractivity contribution in [1.29, 1.82) is 0 Å². The van der Waals surface area contributed by atoms with Crippen molar-refractivity contribution < 1.29 is 22.6 Å². The van der Waals surface area contributed by atoms with Crippen LogP contribution in [0, 0.1) is 0 Å². The van der Waals surface area contributed by atoms with E-state index in [0.717, 1.165) is 51.0 Å². The largest absolute Gasteiger partial charge is 0.573 e. The number of unbranched alkanes of at least 4 members (excludes halogenated alkanes) is 1. The summed E-state index contributed by atoms with van der Waals surface area (Å²) < 4.78 is 46.6. The number of piperazine rings is 1. The zero-order chi connectivity index (χ0) is 17.6. The Morgan fingerprint density at radius 3 is 2.38 bits per heavy atom. The standard InChI is InChI=1S/C17H25F3N2O2.2ClH/c1-3-4-5-15(22-10-8-21-9-11-22)14-7-6-13(12-16(14)23-2)24-17(18,19)20;;/h6-7,12,15,21H,3-5,8-11H2,1-2H3;2*1H/t15-;;/m1../s1. The Kier molecular flexibility index (Phi) is 11.3. The number of benzene rings is 1. The molecule has 0 bridgehead atoms. The van der Waals surface area contributed by atoms with E-state index in [-0.39, 0.29) is 36.6 Å². The van der Waals surface area contributed by atoms with Gasteiger partial charge in [-0.15, -0.1) is 38.0 Å². The van der Waals surface area contributed by atoms with Crippen LogP contribution in [-0.4, -0.2) is 44.6 Å². The normalized spacial score (nSPS) is 16.2. The summed E-state index contributed by atoms with van der Waals surface area (Å²) in [5.41, 5.74) is 0.919. The van der Waals surface area contributed by atoms with Gasteiger partial charge in [0.05, 0.1) is 7.11 Å². The SMILES string of the molecule is CCCC[C@H](c1ccc(OC(F)(F)F)cc1OC)N1CCNCC1.Cl.Cl. The summed E-state index contributed by atoms with van der Waals surface area (Å²) in [7, 11) is 1.48. The Balaban J connectivity index is 0.00000312. The van der Waals surface area contributed by atoms with Crippen LogP contribution in [0.2, 0.25) is 0 Å². The number of hydrogen-bond donors (Lipinski definition) is 1. The quantitative estimate of drug-likeness (QED) is 0.702. The van der Waals surface area contributed by atoms with Crippen LogP contribution in [0.3, 0.4) is 0 Å². The number of hydrogen-bond acceptors (Lipinski definition) is 4. The van der Waals surface area contributed by atoms with Gasteiger partial charge >= 0.3 is 6.36 Å². The van der Waals surface area contributed by atoms with Crippen molar-refractivity contribution in [1.82, 2.24) is 10.2 Å². The molecule has 1 N–H and O–H groups in total. The van der Waals surface area contributed by atoms with E-state index in [4.69, 9.17) is 4.74 Å². The first-order valence-corrected chi connectivity index (χ1v) is 8.33. The lowest BCUT2D eigenvalue weighted by Gasteiger charge is -2.36. The van der Waals surface area contributed by atoms with Crippen LogP contribution < -0.4 is 14.8 Å². The van der Waals surface area contributed by atoms with Crippen molar-refractivity contribution in [3.63, 3.8) is 0 Å². The maximum atomic E-state index is 12.4. The van der Waals surface area contributed by atoms with Crippen molar-refractivity contribution >= 4 is 24.8 Å². The molecular formula is C17H27Cl2F3N2O2. The first kappa shape index (κ1) is 25.1. The van der Waals surface area contributed by atoms with E-state index in [1.165, 1.54) is 19.2 Å². The number of ether oxygens (including phenoxy) is 2. The molecule has 0 amide bonds. The molecule has 1 atom stereocenters. The summed E-state index contributed by atoms with van der Waals surface area (Å²) in [5, 5.41) is 3.32. The van der Waals surface area contributed by atoms with Gasteiger partial charge in [0.15, 0.2) is 0 Å². The fourth-order valence-electron chi connectivity index (χ4n) is 3.09. The Hall–Kier alpha value is -0.890. The minimum Gasteiger partial charge on any atom is -0.496 e. The Morgan fingerprint density at radius 1 is 1.19 bits per heavy atom. The maximum Gasteiger partial charge on any atom is 0.573 e. The first-order chi connectivity index (χ1) is 11.4. The third-order valence-corrected chi connectivity index (χ3v) is 4.22. The zero-order valence-electron chi connectivity index (χ0n) is 15.0. The van der Waals surface area contributed by atoms with E-state index in [1.54, 1.807) is 6.07 Å². The molecular weight excluding hydrogens is 392 g/mol. The highest BCUT2D eigenvalue weighted by atomic mass is 35.5. The van der Waals surface area contributed by atoms with E-state index in [0.29, 0.717) is 5.75 Å². The van der Waals surface area contributed by atoms with Gasteiger partial charge in [-0.1, -0.05) is 25.8 Å². The average molecular weight is 419 g/mol. The Bertz CT molecular complexity index is 527. The molecule has 9 heteroatoms. The molecule has 0 radical (unpaired) electrons. The van der Waals surface area contributed by atoms with Gasteiger partial charge < -0.3 is 14.8 Å². The predicted octanol–water partition coefficient (Wildman–Crippen LogP) is 4.57. The van der Waals surface area contributed by atoms with Gasteiger partial charge in [-0.2, -0.15) is 0 Å². The van der Waals surface area contributed by atoms with Crippen molar-refractivity contribution in [3.05, 3.63) is 23.8 Å². The molecule has 4 nitrogen and oxygen atoms in total. The topological polar surface area (TPSA) is 33.7 Å². The maximum absolute atomic E-state index is 12.4. The van der Waals surface area contributed by atoms with Crippen molar-refractivity contribution in [2.75, 3.05) is 33.3 Å². The molecule has 1 aromatic carbocycles. The van der Waals surface area contributed by atoms with Crippen molar-refractivity contribution in [3.8, 4) is 11.5 Å². The van der Waals surface area contributed by atoms with Crippen LogP contribution in [0.5, 0.6) is 11.5 Å². The lowest BCUT2D eigenvalue weighted by molar-refractivity contribution is -0.274. The third kappa shape index (κ3) is 7.39. The average Bonchev–Trinajstić information content (AvgIpc) is 2.55. The second-order valence-electron chi connectivity index (χ2n) is 5.90. The van der Waals surface area contributed by atoms with Crippen LogP contribution in [0.1, 0.15) is 37.8 Å². The van der Waals surface area contributed by atoms with E-state index in [2.05, 4.69) is 21.9 Å². The summed E-state index contributed by atoms with van der Waals surface area (Å²) >= 11 is 0. The van der Waals surface area contributed by atoms with Gasteiger partial charge in [0.25, 0.3) is 0 Å². The van der Waals surface area contributed by atoms with Crippen molar-refractivity contribution in [2.24, 2.45) is 0 Å². The number of rotatable bonds is 7. The second-order valence-corrected chi connectivity index (χ2v) is 5.90. The molecule has 0 unspecified atom stereocenters. The summed E-state index contributed by atoms with van der Waals surface area (Å²) in [6.45, 7) is 5.80. The lowest BCUT2D eigenvalue weighted by Crippen LogP contribution is -2.45. The number of halogens is 5. The first-order valence-electron chi connectivity index (χ1n) is 8.33. The fraction of sp³-hybridized carbons (Fsp3) is 0.647. The predicted molar refractivity (Wildman–Crippen MR) is 101 cm³/mol. The molecule has 0 aliphatic carbocycles. The van der Waals surface area contributed by atoms with E-state index >= 15 is 0 Å². The molecule has 1 fully saturated rings. The van der Waals surface area contributed by atoms with E-state index < -0.39 is 6.36 Å². The number of nitrogens with one attached hydrogen (secondary N) is 1. The third-order valence-electron chi connectivity index (χ3n) is 4.22. The molecule has 1 aromatic rings. The van der Waals surface area contributed by atoms with Gasteiger partial charge in [0.2, 0.25) is 0 Å². The molecule has 26 heavy (non-hydrogen) atoms. The van der Waals surface area contributed by atoms with E-state index in [1.807, 2.05) is 0 Å². The monoisotopic (exact) mass is 418 g/mol. The van der Waals surface area contributed by atoms with Gasteiger partial charge in [-0.25, -0.2) is 0 Å². The molecule has 0 spiro atoms. The van der Waals surface area contributed by atoms with Gasteiger partial charge in [0, 0.05) is 43.9 Å². The smallest absolute Gasteiger partial charge is 0.496 e. The summed E-state index contributed by atoms with van der Waals surface area (Å²) in [5.74, 6) is 0.189. The minimum atomic E-state index is -4.70. The highest BCUT2D eigenvalue weighted by molar-refractivity contribution is 5.85. The van der Waals surface area contributed by atoms with Crippen LogP contribution in [-0.2, 0) is 0 Å². The summed E-state index contributed by atoms with van der Waals surface area (Å²) in [6, 6.07) is 4.53. The van der Waals surface area contributed by atoms with Crippen LogP contribution >= 0.6 is 24.8 Å². The highest BCUT2D eigenvalue weighted by Gasteiger charge is 2.32. The molecule has 2 rings (SSSR count).